The van der Waals surface area contributed by atoms with Gasteiger partial charge in [-0.2, -0.15) is 4.98 Å². The number of aromatic amines is 1. The Hall–Kier alpha value is -2.08. The molecule has 0 atom stereocenters. The molecule has 0 fully saturated rings. The normalized spacial score (nSPS) is 10.8. The van der Waals surface area contributed by atoms with Gasteiger partial charge in [0.1, 0.15) is 0 Å². The van der Waals surface area contributed by atoms with Crippen LogP contribution >= 0.6 is 11.8 Å². The molecule has 0 bridgehead atoms. The standard InChI is InChI=1S/C13H14N4OS/c1-9-4-3-5-10(8-9)6-7-11(18)14-12-15-13(19-2)17-16-12/h3-8H,1-2H3,(H2,14,15,16,17,18). The number of rotatable bonds is 4. The molecule has 1 aromatic carbocycles. The number of hydrogen-bond acceptors (Lipinski definition) is 4. The minimum atomic E-state index is -0.245. The van der Waals surface area contributed by atoms with Gasteiger partial charge < -0.3 is 0 Å². The highest BCUT2D eigenvalue weighted by atomic mass is 32.2. The van der Waals surface area contributed by atoms with Crippen LogP contribution in [-0.2, 0) is 4.79 Å². The molecule has 0 aliphatic carbocycles. The van der Waals surface area contributed by atoms with E-state index in [0.29, 0.717) is 11.1 Å². The second kappa shape index (κ2) is 6.19. The fourth-order valence-corrected chi connectivity index (χ4v) is 1.82. The van der Waals surface area contributed by atoms with Crippen molar-refractivity contribution >= 4 is 29.7 Å². The number of nitrogens with zero attached hydrogens (tertiary/aromatic N) is 2. The summed E-state index contributed by atoms with van der Waals surface area (Å²) in [5, 5.41) is 9.76. The van der Waals surface area contributed by atoms with Crippen LogP contribution in [0.5, 0.6) is 0 Å². The Morgan fingerprint density at radius 3 is 3.00 bits per heavy atom. The third-order valence-corrected chi connectivity index (χ3v) is 2.91. The summed E-state index contributed by atoms with van der Waals surface area (Å²) in [7, 11) is 0. The molecule has 5 nitrogen and oxygen atoms in total. The number of amides is 1. The number of nitrogens with one attached hydrogen (secondary N) is 2. The maximum absolute atomic E-state index is 11.7. The Morgan fingerprint density at radius 1 is 1.47 bits per heavy atom. The Kier molecular flexibility index (Phi) is 4.35. The lowest BCUT2D eigenvalue weighted by Gasteiger charge is -1.97. The van der Waals surface area contributed by atoms with Gasteiger partial charge in [0.15, 0.2) is 0 Å². The molecule has 0 aliphatic rings. The van der Waals surface area contributed by atoms with Crippen molar-refractivity contribution in [3.63, 3.8) is 0 Å². The molecule has 0 unspecified atom stereocenters. The van der Waals surface area contributed by atoms with Crippen LogP contribution in [0.25, 0.3) is 6.08 Å². The maximum Gasteiger partial charge on any atom is 0.250 e. The number of benzene rings is 1. The van der Waals surface area contributed by atoms with Gasteiger partial charge >= 0.3 is 0 Å². The number of carbonyl (C=O) groups is 1. The Balaban J connectivity index is 1.97. The SMILES string of the molecule is CSc1n[nH]c(NC(=O)C=Cc2cccc(C)c2)n1. The quantitative estimate of drug-likeness (QED) is 0.664. The summed E-state index contributed by atoms with van der Waals surface area (Å²) in [5.74, 6) is 0.105. The van der Waals surface area contributed by atoms with E-state index < -0.39 is 0 Å². The first kappa shape index (κ1) is 13.4. The van der Waals surface area contributed by atoms with Crippen LogP contribution in [0, 0.1) is 6.92 Å². The zero-order valence-electron chi connectivity index (χ0n) is 10.7. The molecule has 19 heavy (non-hydrogen) atoms. The molecule has 2 N–H and O–H groups in total. The van der Waals surface area contributed by atoms with Crippen LogP contribution in [0.1, 0.15) is 11.1 Å². The molecule has 0 aliphatic heterocycles. The van der Waals surface area contributed by atoms with Crippen LogP contribution in [-0.4, -0.2) is 27.3 Å². The van der Waals surface area contributed by atoms with Gasteiger partial charge in [0.25, 0.3) is 5.91 Å². The first-order valence-electron chi connectivity index (χ1n) is 5.69. The molecule has 6 heteroatoms. The van der Waals surface area contributed by atoms with Crippen LogP contribution in [0.3, 0.4) is 0 Å². The summed E-state index contributed by atoms with van der Waals surface area (Å²) in [5.41, 5.74) is 2.14. The van der Waals surface area contributed by atoms with E-state index in [1.54, 1.807) is 6.08 Å². The van der Waals surface area contributed by atoms with E-state index in [2.05, 4.69) is 20.5 Å². The highest BCUT2D eigenvalue weighted by Gasteiger charge is 2.03. The van der Waals surface area contributed by atoms with E-state index in [9.17, 15) is 4.79 Å². The average molecular weight is 274 g/mol. The van der Waals surface area contributed by atoms with Crippen molar-refractivity contribution in [1.29, 1.82) is 0 Å². The van der Waals surface area contributed by atoms with Gasteiger partial charge in [0.2, 0.25) is 11.1 Å². The lowest BCUT2D eigenvalue weighted by atomic mass is 10.1. The Bertz CT molecular complexity index is 606. The third-order valence-electron chi connectivity index (χ3n) is 2.36. The number of aryl methyl sites for hydroxylation is 1. The first-order valence-corrected chi connectivity index (χ1v) is 6.92. The fourth-order valence-electron chi connectivity index (χ4n) is 1.50. The highest BCUT2D eigenvalue weighted by Crippen LogP contribution is 2.10. The molecule has 1 amide bonds. The van der Waals surface area contributed by atoms with E-state index in [4.69, 9.17) is 0 Å². The summed E-state index contributed by atoms with van der Waals surface area (Å²) in [4.78, 5) is 15.7. The van der Waals surface area contributed by atoms with Crippen LogP contribution < -0.4 is 5.32 Å². The minimum absolute atomic E-state index is 0.245. The van der Waals surface area contributed by atoms with E-state index in [1.807, 2.05) is 37.4 Å². The third kappa shape index (κ3) is 3.96. The van der Waals surface area contributed by atoms with E-state index >= 15 is 0 Å². The van der Waals surface area contributed by atoms with Crippen LogP contribution in [0.4, 0.5) is 5.95 Å². The molecule has 98 valence electrons. The molecule has 1 heterocycles. The van der Waals surface area contributed by atoms with Gasteiger partial charge in [-0.1, -0.05) is 41.6 Å². The van der Waals surface area contributed by atoms with Crippen molar-refractivity contribution in [2.75, 3.05) is 11.6 Å². The molecule has 0 saturated heterocycles. The number of anilines is 1. The van der Waals surface area contributed by atoms with E-state index in [-0.39, 0.29) is 5.91 Å². The average Bonchev–Trinajstić information content (AvgIpc) is 2.84. The smallest absolute Gasteiger partial charge is 0.250 e. The van der Waals surface area contributed by atoms with Gasteiger partial charge in [-0.15, -0.1) is 5.10 Å². The lowest BCUT2D eigenvalue weighted by Crippen LogP contribution is -2.09. The summed E-state index contributed by atoms with van der Waals surface area (Å²) in [6.45, 7) is 2.01. The first-order chi connectivity index (χ1) is 9.17. The lowest BCUT2D eigenvalue weighted by molar-refractivity contribution is -0.111. The summed E-state index contributed by atoms with van der Waals surface area (Å²) >= 11 is 1.41. The van der Waals surface area contributed by atoms with Crippen molar-refractivity contribution in [1.82, 2.24) is 15.2 Å². The van der Waals surface area contributed by atoms with E-state index in [0.717, 1.165) is 11.1 Å². The topological polar surface area (TPSA) is 70.7 Å². The summed E-state index contributed by atoms with van der Waals surface area (Å²) < 4.78 is 0. The van der Waals surface area contributed by atoms with E-state index in [1.165, 1.54) is 17.8 Å². The Morgan fingerprint density at radius 2 is 2.32 bits per heavy atom. The largest absolute Gasteiger partial charge is 0.291 e. The summed E-state index contributed by atoms with van der Waals surface area (Å²) in [6, 6.07) is 7.91. The molecular formula is C13H14N4OS. The maximum atomic E-state index is 11.7. The zero-order valence-corrected chi connectivity index (χ0v) is 11.5. The van der Waals surface area contributed by atoms with Crippen molar-refractivity contribution < 1.29 is 4.79 Å². The van der Waals surface area contributed by atoms with Crippen molar-refractivity contribution in [2.45, 2.75) is 12.1 Å². The fraction of sp³-hybridized carbons (Fsp3) is 0.154. The molecule has 0 saturated carbocycles. The zero-order chi connectivity index (χ0) is 13.7. The van der Waals surface area contributed by atoms with Gasteiger partial charge in [-0.25, -0.2) is 5.10 Å². The second-order valence-electron chi connectivity index (χ2n) is 3.91. The number of hydrogen-bond donors (Lipinski definition) is 2. The number of thioether (sulfide) groups is 1. The molecule has 0 spiro atoms. The highest BCUT2D eigenvalue weighted by molar-refractivity contribution is 7.98. The van der Waals surface area contributed by atoms with Gasteiger partial charge in [-0.05, 0) is 24.8 Å². The number of aromatic nitrogens is 3. The van der Waals surface area contributed by atoms with Gasteiger partial charge in [-0.3, -0.25) is 10.1 Å². The minimum Gasteiger partial charge on any atom is -0.291 e. The molecule has 2 aromatic rings. The summed E-state index contributed by atoms with van der Waals surface area (Å²) in [6.07, 6.45) is 5.09. The number of carbonyl (C=O) groups excluding carboxylic acids is 1. The predicted octanol–water partition coefficient (Wildman–Crippen LogP) is 2.49. The van der Waals surface area contributed by atoms with Crippen LogP contribution in [0.2, 0.25) is 0 Å². The molecule has 0 radical (unpaired) electrons. The van der Waals surface area contributed by atoms with Crippen molar-refractivity contribution in [3.8, 4) is 0 Å². The van der Waals surface area contributed by atoms with Gasteiger partial charge in [0, 0.05) is 6.08 Å². The molecular weight excluding hydrogens is 260 g/mol. The molecule has 2 rings (SSSR count). The second-order valence-corrected chi connectivity index (χ2v) is 4.68. The van der Waals surface area contributed by atoms with Gasteiger partial charge in [0.05, 0.1) is 0 Å². The molecule has 1 aromatic heterocycles. The monoisotopic (exact) mass is 274 g/mol. The van der Waals surface area contributed by atoms with Crippen molar-refractivity contribution in [3.05, 3.63) is 41.5 Å². The van der Waals surface area contributed by atoms with Crippen LogP contribution in [0.15, 0.2) is 35.5 Å². The Labute approximate surface area is 115 Å². The number of H-pyrrole nitrogens is 1. The van der Waals surface area contributed by atoms with Crippen molar-refractivity contribution in [2.24, 2.45) is 0 Å². The predicted molar refractivity (Wildman–Crippen MR) is 77.0 cm³/mol.